The van der Waals surface area contributed by atoms with Gasteiger partial charge in [0, 0.05) is 5.56 Å². The predicted octanol–water partition coefficient (Wildman–Crippen LogP) is 3.84. The van der Waals surface area contributed by atoms with Crippen LogP contribution in [0.25, 0.3) is 11.1 Å². The van der Waals surface area contributed by atoms with Crippen molar-refractivity contribution < 1.29 is 14.6 Å². The Morgan fingerprint density at radius 2 is 1.58 bits per heavy atom. The Kier molecular flexibility index (Phi) is 7.76. The summed E-state index contributed by atoms with van der Waals surface area (Å²) in [6, 6.07) is 13.2. The molecule has 0 spiro atoms. The molecule has 26 heavy (non-hydrogen) atoms. The number of aliphatic hydroxyl groups is 2. The molecule has 0 aliphatic heterocycles. The van der Waals surface area contributed by atoms with Crippen molar-refractivity contribution >= 4 is 0 Å². The number of hydrogen-bond acceptors (Lipinski definition) is 3. The van der Waals surface area contributed by atoms with Crippen molar-refractivity contribution in [2.45, 2.75) is 51.0 Å². The van der Waals surface area contributed by atoms with E-state index in [-0.39, 0.29) is 19.0 Å². The molecule has 4 N–H and O–H groups in total. The van der Waals surface area contributed by atoms with Crippen molar-refractivity contribution in [1.82, 2.24) is 0 Å². The largest absolute Gasteiger partial charge is 0.394 e. The lowest BCUT2D eigenvalue weighted by atomic mass is 9.93. The van der Waals surface area contributed by atoms with Gasteiger partial charge in [-0.25, -0.2) is 4.39 Å². The van der Waals surface area contributed by atoms with E-state index < -0.39 is 5.54 Å². The highest BCUT2D eigenvalue weighted by Crippen LogP contribution is 2.25. The number of nitrogens with two attached hydrogens (primary N) is 1. The molecular formula is C22H30FNO2. The van der Waals surface area contributed by atoms with Crippen molar-refractivity contribution in [3.05, 3.63) is 59.4 Å². The summed E-state index contributed by atoms with van der Waals surface area (Å²) in [6.07, 6.45) is 5.47. The molecule has 0 fully saturated rings. The Hall–Kier alpha value is -1.75. The van der Waals surface area contributed by atoms with Gasteiger partial charge in [-0.2, -0.15) is 0 Å². The topological polar surface area (TPSA) is 66.5 Å². The zero-order chi connectivity index (χ0) is 19.0. The van der Waals surface area contributed by atoms with E-state index in [2.05, 4.69) is 6.92 Å². The van der Waals surface area contributed by atoms with Crippen molar-refractivity contribution in [2.75, 3.05) is 13.2 Å². The predicted molar refractivity (Wildman–Crippen MR) is 104 cm³/mol. The Labute approximate surface area is 155 Å². The van der Waals surface area contributed by atoms with E-state index in [0.717, 1.165) is 36.0 Å². The van der Waals surface area contributed by atoms with E-state index in [4.69, 9.17) is 5.73 Å². The Morgan fingerprint density at radius 3 is 2.15 bits per heavy atom. The fourth-order valence-corrected chi connectivity index (χ4v) is 2.98. The maximum absolute atomic E-state index is 14.5. The molecule has 0 amide bonds. The summed E-state index contributed by atoms with van der Waals surface area (Å²) >= 11 is 0. The smallest absolute Gasteiger partial charge is 0.131 e. The molecule has 2 aromatic rings. The summed E-state index contributed by atoms with van der Waals surface area (Å²) in [7, 11) is 0. The summed E-state index contributed by atoms with van der Waals surface area (Å²) in [5, 5.41) is 18.5. The van der Waals surface area contributed by atoms with Crippen LogP contribution in [0.1, 0.15) is 43.7 Å². The van der Waals surface area contributed by atoms with Gasteiger partial charge in [0.2, 0.25) is 0 Å². The van der Waals surface area contributed by atoms with Crippen LogP contribution in [0.2, 0.25) is 0 Å². The van der Waals surface area contributed by atoms with Gasteiger partial charge in [-0.3, -0.25) is 0 Å². The second-order valence-corrected chi connectivity index (χ2v) is 7.15. The number of aliphatic hydroxyl groups excluding tert-OH is 2. The molecular weight excluding hydrogens is 329 g/mol. The van der Waals surface area contributed by atoms with Crippen LogP contribution in [-0.4, -0.2) is 29.0 Å². The highest BCUT2D eigenvalue weighted by Gasteiger charge is 2.22. The zero-order valence-electron chi connectivity index (χ0n) is 15.5. The number of aryl methyl sites for hydroxylation is 2. The fraction of sp³-hybridized carbons (Fsp3) is 0.455. The van der Waals surface area contributed by atoms with Gasteiger partial charge in [-0.05, 0) is 48.4 Å². The lowest BCUT2D eigenvalue weighted by Gasteiger charge is -2.24. The van der Waals surface area contributed by atoms with Crippen LogP contribution >= 0.6 is 0 Å². The third-order valence-corrected chi connectivity index (χ3v) is 4.91. The summed E-state index contributed by atoms with van der Waals surface area (Å²) in [5.74, 6) is -0.187. The maximum Gasteiger partial charge on any atom is 0.131 e. The summed E-state index contributed by atoms with van der Waals surface area (Å²) in [6.45, 7) is 1.66. The van der Waals surface area contributed by atoms with Gasteiger partial charge in [-0.15, -0.1) is 0 Å². The van der Waals surface area contributed by atoms with Crippen molar-refractivity contribution in [3.8, 4) is 11.1 Å². The van der Waals surface area contributed by atoms with Gasteiger partial charge in [0.25, 0.3) is 0 Å². The van der Waals surface area contributed by atoms with E-state index in [1.54, 1.807) is 6.07 Å². The van der Waals surface area contributed by atoms with Gasteiger partial charge in [0.15, 0.2) is 0 Å². The summed E-state index contributed by atoms with van der Waals surface area (Å²) in [4.78, 5) is 0. The summed E-state index contributed by atoms with van der Waals surface area (Å²) < 4.78 is 14.5. The second-order valence-electron chi connectivity index (χ2n) is 7.15. The van der Waals surface area contributed by atoms with E-state index in [0.29, 0.717) is 18.4 Å². The second kappa shape index (κ2) is 9.81. The number of rotatable bonds is 10. The zero-order valence-corrected chi connectivity index (χ0v) is 15.5. The van der Waals surface area contributed by atoms with E-state index in [1.807, 2.05) is 36.4 Å². The van der Waals surface area contributed by atoms with Gasteiger partial charge in [-0.1, -0.05) is 56.2 Å². The van der Waals surface area contributed by atoms with E-state index in [1.165, 1.54) is 6.42 Å². The molecule has 3 nitrogen and oxygen atoms in total. The average molecular weight is 359 g/mol. The van der Waals surface area contributed by atoms with Crippen LogP contribution in [0.15, 0.2) is 42.5 Å². The molecule has 0 bridgehead atoms. The van der Waals surface area contributed by atoms with Gasteiger partial charge in [0.1, 0.15) is 5.82 Å². The number of hydrogen-bond donors (Lipinski definition) is 3. The first-order valence-corrected chi connectivity index (χ1v) is 9.39. The molecule has 0 saturated heterocycles. The third-order valence-electron chi connectivity index (χ3n) is 4.91. The Balaban J connectivity index is 2.03. The van der Waals surface area contributed by atoms with Crippen molar-refractivity contribution in [1.29, 1.82) is 0 Å². The van der Waals surface area contributed by atoms with Gasteiger partial charge < -0.3 is 15.9 Å². The standard InChI is InChI=1S/C22H30FNO2/c1-2-3-4-5-18-8-11-20(21(23)14-18)19-9-6-17(7-10-19)12-13-22(24,15-25)16-26/h6-11,14,25-26H,2-5,12-13,15-16,24H2,1H3. The third kappa shape index (κ3) is 5.63. The molecule has 142 valence electrons. The minimum Gasteiger partial charge on any atom is -0.394 e. The summed E-state index contributed by atoms with van der Waals surface area (Å²) in [5.41, 5.74) is 8.47. The lowest BCUT2D eigenvalue weighted by molar-refractivity contribution is 0.115. The minimum absolute atomic E-state index is 0.187. The first-order valence-electron chi connectivity index (χ1n) is 9.39. The number of halogens is 1. The molecule has 0 aliphatic rings. The molecule has 2 aromatic carbocycles. The molecule has 4 heteroatoms. The normalized spacial score (nSPS) is 11.7. The average Bonchev–Trinajstić information content (AvgIpc) is 2.67. The first kappa shape index (κ1) is 20.6. The van der Waals surface area contributed by atoms with Crippen LogP contribution in [0.5, 0.6) is 0 Å². The molecule has 0 aliphatic carbocycles. The van der Waals surface area contributed by atoms with E-state index in [9.17, 15) is 14.6 Å². The number of benzene rings is 2. The van der Waals surface area contributed by atoms with Crippen LogP contribution < -0.4 is 5.73 Å². The van der Waals surface area contributed by atoms with Gasteiger partial charge >= 0.3 is 0 Å². The number of unbranched alkanes of at least 4 members (excludes halogenated alkanes) is 2. The quantitative estimate of drug-likeness (QED) is 0.565. The molecule has 0 radical (unpaired) electrons. The molecule has 0 unspecified atom stereocenters. The molecule has 0 aromatic heterocycles. The van der Waals surface area contributed by atoms with Crippen LogP contribution in [0.4, 0.5) is 4.39 Å². The monoisotopic (exact) mass is 359 g/mol. The molecule has 2 rings (SSSR count). The lowest BCUT2D eigenvalue weighted by Crippen LogP contribution is -2.47. The van der Waals surface area contributed by atoms with Gasteiger partial charge in [0.05, 0.1) is 18.8 Å². The molecule has 0 heterocycles. The fourth-order valence-electron chi connectivity index (χ4n) is 2.98. The molecule has 0 saturated carbocycles. The van der Waals surface area contributed by atoms with Crippen LogP contribution in [0.3, 0.4) is 0 Å². The van der Waals surface area contributed by atoms with Crippen LogP contribution in [-0.2, 0) is 12.8 Å². The molecule has 0 atom stereocenters. The first-order chi connectivity index (χ1) is 12.5. The van der Waals surface area contributed by atoms with E-state index >= 15 is 0 Å². The highest BCUT2D eigenvalue weighted by atomic mass is 19.1. The minimum atomic E-state index is -0.960. The maximum atomic E-state index is 14.5. The SMILES string of the molecule is CCCCCc1ccc(-c2ccc(CCC(N)(CO)CO)cc2)c(F)c1. The highest BCUT2D eigenvalue weighted by molar-refractivity contribution is 5.64. The Morgan fingerprint density at radius 1 is 0.923 bits per heavy atom. The van der Waals surface area contributed by atoms with Crippen molar-refractivity contribution in [3.63, 3.8) is 0 Å². The van der Waals surface area contributed by atoms with Crippen molar-refractivity contribution in [2.24, 2.45) is 5.73 Å². The Bertz CT molecular complexity index is 681. The van der Waals surface area contributed by atoms with Crippen LogP contribution in [0, 0.1) is 5.82 Å².